The van der Waals surface area contributed by atoms with Gasteiger partial charge in [0, 0.05) is 0 Å². The number of halogens is 3. The van der Waals surface area contributed by atoms with E-state index < -0.39 is 24.8 Å². The lowest BCUT2D eigenvalue weighted by Crippen LogP contribution is -2.38. The maximum Gasteiger partial charge on any atom is 0.391 e. The molecule has 0 radical (unpaired) electrons. The Bertz CT molecular complexity index is 228. The first-order valence-electron chi connectivity index (χ1n) is 6.16. The van der Waals surface area contributed by atoms with Crippen LogP contribution in [0.15, 0.2) is 0 Å². The summed E-state index contributed by atoms with van der Waals surface area (Å²) in [6, 6.07) is 0. The van der Waals surface area contributed by atoms with E-state index in [-0.39, 0.29) is 6.61 Å². The maximum absolute atomic E-state index is 12.0. The van der Waals surface area contributed by atoms with Crippen molar-refractivity contribution in [3.8, 4) is 0 Å². The van der Waals surface area contributed by atoms with Gasteiger partial charge >= 0.3 is 6.18 Å². The molecule has 1 aliphatic carbocycles. The highest BCUT2D eigenvalue weighted by atomic mass is 19.4. The summed E-state index contributed by atoms with van der Waals surface area (Å²) in [5.74, 6) is 0.922. The van der Waals surface area contributed by atoms with E-state index in [1.165, 1.54) is 0 Å². The fourth-order valence-electron chi connectivity index (χ4n) is 2.25. The van der Waals surface area contributed by atoms with Crippen LogP contribution in [0.3, 0.4) is 0 Å². The molecule has 0 heterocycles. The van der Waals surface area contributed by atoms with Gasteiger partial charge < -0.3 is 9.84 Å². The van der Waals surface area contributed by atoms with Crippen LogP contribution in [0.5, 0.6) is 0 Å². The standard InChI is InChI=1S/C12H21F3O2/c1-8(2)9-3-4-10(16)11(7-9)17-6-5-12(13,14)15/h8-11,16H,3-7H2,1-2H3. The van der Waals surface area contributed by atoms with E-state index in [9.17, 15) is 18.3 Å². The number of rotatable bonds is 4. The zero-order chi connectivity index (χ0) is 13.1. The minimum absolute atomic E-state index is 0.351. The minimum atomic E-state index is -4.18. The Balaban J connectivity index is 2.35. The van der Waals surface area contributed by atoms with Gasteiger partial charge in [0.05, 0.1) is 25.2 Å². The van der Waals surface area contributed by atoms with E-state index >= 15 is 0 Å². The molecule has 0 aromatic heterocycles. The van der Waals surface area contributed by atoms with Gasteiger partial charge in [-0.3, -0.25) is 0 Å². The number of ether oxygens (including phenoxy) is 1. The largest absolute Gasteiger partial charge is 0.391 e. The Morgan fingerprint density at radius 2 is 1.94 bits per heavy atom. The third-order valence-electron chi connectivity index (χ3n) is 3.46. The topological polar surface area (TPSA) is 29.5 Å². The normalized spacial score (nSPS) is 30.9. The zero-order valence-corrected chi connectivity index (χ0v) is 10.3. The molecule has 102 valence electrons. The Kier molecular flexibility index (Phi) is 5.25. The molecule has 1 aliphatic rings. The Labute approximate surface area is 100 Å². The van der Waals surface area contributed by atoms with Gasteiger partial charge in [0.1, 0.15) is 0 Å². The summed E-state index contributed by atoms with van der Waals surface area (Å²) in [5.41, 5.74) is 0. The number of hydrogen-bond donors (Lipinski definition) is 1. The van der Waals surface area contributed by atoms with Crippen LogP contribution in [0, 0.1) is 11.8 Å². The van der Waals surface area contributed by atoms with Crippen LogP contribution in [0.4, 0.5) is 13.2 Å². The third-order valence-corrected chi connectivity index (χ3v) is 3.46. The lowest BCUT2D eigenvalue weighted by Gasteiger charge is -2.35. The van der Waals surface area contributed by atoms with Crippen molar-refractivity contribution in [1.29, 1.82) is 0 Å². The predicted octanol–water partition coefficient (Wildman–Crippen LogP) is 3.14. The molecule has 3 atom stereocenters. The number of alkyl halides is 3. The quantitative estimate of drug-likeness (QED) is 0.835. The van der Waals surface area contributed by atoms with Crippen molar-refractivity contribution in [1.82, 2.24) is 0 Å². The van der Waals surface area contributed by atoms with Crippen LogP contribution < -0.4 is 0 Å². The minimum Gasteiger partial charge on any atom is -0.390 e. The summed E-state index contributed by atoms with van der Waals surface area (Å²) >= 11 is 0. The Morgan fingerprint density at radius 3 is 2.47 bits per heavy atom. The van der Waals surface area contributed by atoms with E-state index in [1.807, 2.05) is 0 Å². The molecule has 5 heteroatoms. The highest BCUT2D eigenvalue weighted by molar-refractivity contribution is 4.82. The van der Waals surface area contributed by atoms with Crippen molar-refractivity contribution in [3.63, 3.8) is 0 Å². The molecule has 3 unspecified atom stereocenters. The first kappa shape index (κ1) is 14.8. The second kappa shape index (κ2) is 6.05. The third kappa shape index (κ3) is 5.25. The van der Waals surface area contributed by atoms with Gasteiger partial charge in [-0.05, 0) is 31.1 Å². The molecule has 1 N–H and O–H groups in total. The van der Waals surface area contributed by atoms with Crippen molar-refractivity contribution < 1.29 is 23.0 Å². The molecular formula is C12H21F3O2. The van der Waals surface area contributed by atoms with Crippen molar-refractivity contribution in [2.24, 2.45) is 11.8 Å². The molecule has 2 nitrogen and oxygen atoms in total. The number of hydrogen-bond acceptors (Lipinski definition) is 2. The van der Waals surface area contributed by atoms with Gasteiger partial charge in [0.15, 0.2) is 0 Å². The fraction of sp³-hybridized carbons (Fsp3) is 1.00. The average Bonchev–Trinajstić information content (AvgIpc) is 2.18. The SMILES string of the molecule is CC(C)C1CCC(O)C(OCCC(F)(F)F)C1. The average molecular weight is 254 g/mol. The van der Waals surface area contributed by atoms with Crippen LogP contribution >= 0.6 is 0 Å². The molecule has 0 bridgehead atoms. The van der Waals surface area contributed by atoms with Crippen LogP contribution in [-0.2, 0) is 4.74 Å². The summed E-state index contributed by atoms with van der Waals surface area (Å²) in [7, 11) is 0. The fourth-order valence-corrected chi connectivity index (χ4v) is 2.25. The Hall–Kier alpha value is -0.290. The van der Waals surface area contributed by atoms with E-state index in [2.05, 4.69) is 13.8 Å². The summed E-state index contributed by atoms with van der Waals surface area (Å²) < 4.78 is 41.1. The monoisotopic (exact) mass is 254 g/mol. The summed E-state index contributed by atoms with van der Waals surface area (Å²) in [6.07, 6.45) is -3.95. The summed E-state index contributed by atoms with van der Waals surface area (Å²) in [4.78, 5) is 0. The van der Waals surface area contributed by atoms with Gasteiger partial charge in [-0.2, -0.15) is 13.2 Å². The molecule has 0 aliphatic heterocycles. The first-order chi connectivity index (χ1) is 7.79. The second-order valence-corrected chi connectivity index (χ2v) is 5.16. The van der Waals surface area contributed by atoms with Crippen molar-refractivity contribution in [3.05, 3.63) is 0 Å². The van der Waals surface area contributed by atoms with E-state index in [0.717, 1.165) is 6.42 Å². The van der Waals surface area contributed by atoms with Crippen LogP contribution in [0.1, 0.15) is 39.5 Å². The molecule has 1 saturated carbocycles. The number of aliphatic hydroxyl groups excluding tert-OH is 1. The molecule has 1 fully saturated rings. The van der Waals surface area contributed by atoms with Crippen molar-refractivity contribution in [2.45, 2.75) is 57.9 Å². The highest BCUT2D eigenvalue weighted by Crippen LogP contribution is 2.32. The Morgan fingerprint density at radius 1 is 1.29 bits per heavy atom. The number of aliphatic hydroxyl groups is 1. The molecule has 0 saturated heterocycles. The molecule has 0 aromatic carbocycles. The molecule has 0 amide bonds. The zero-order valence-electron chi connectivity index (χ0n) is 10.3. The lowest BCUT2D eigenvalue weighted by atomic mass is 9.79. The molecular weight excluding hydrogens is 233 g/mol. The van der Waals surface area contributed by atoms with Crippen LogP contribution in [0.2, 0.25) is 0 Å². The van der Waals surface area contributed by atoms with E-state index in [1.54, 1.807) is 0 Å². The molecule has 17 heavy (non-hydrogen) atoms. The summed E-state index contributed by atoms with van der Waals surface area (Å²) in [6.45, 7) is 3.83. The molecule has 0 aromatic rings. The highest BCUT2D eigenvalue weighted by Gasteiger charge is 2.33. The van der Waals surface area contributed by atoms with Gasteiger partial charge in [-0.1, -0.05) is 13.8 Å². The second-order valence-electron chi connectivity index (χ2n) is 5.16. The maximum atomic E-state index is 12.0. The predicted molar refractivity (Wildman–Crippen MR) is 58.6 cm³/mol. The lowest BCUT2D eigenvalue weighted by molar-refractivity contribution is -0.158. The van der Waals surface area contributed by atoms with Crippen molar-refractivity contribution >= 4 is 0 Å². The van der Waals surface area contributed by atoms with Crippen LogP contribution in [0.25, 0.3) is 0 Å². The van der Waals surface area contributed by atoms with Crippen molar-refractivity contribution in [2.75, 3.05) is 6.61 Å². The van der Waals surface area contributed by atoms with E-state index in [0.29, 0.717) is 24.7 Å². The molecule has 0 spiro atoms. The van der Waals surface area contributed by atoms with Gasteiger partial charge in [-0.15, -0.1) is 0 Å². The van der Waals surface area contributed by atoms with Gasteiger partial charge in [0.25, 0.3) is 0 Å². The summed E-state index contributed by atoms with van der Waals surface area (Å²) in [5, 5.41) is 9.69. The smallest absolute Gasteiger partial charge is 0.390 e. The van der Waals surface area contributed by atoms with Crippen LogP contribution in [-0.4, -0.2) is 30.1 Å². The molecule has 1 rings (SSSR count). The van der Waals surface area contributed by atoms with E-state index in [4.69, 9.17) is 4.74 Å². The first-order valence-corrected chi connectivity index (χ1v) is 6.16. The van der Waals surface area contributed by atoms with Gasteiger partial charge in [0.2, 0.25) is 0 Å². The van der Waals surface area contributed by atoms with Gasteiger partial charge in [-0.25, -0.2) is 0 Å².